The lowest BCUT2D eigenvalue weighted by Crippen LogP contribution is -2.39. The molecule has 1 heterocycles. The van der Waals surface area contributed by atoms with Gasteiger partial charge in [-0.25, -0.2) is 12.8 Å². The van der Waals surface area contributed by atoms with E-state index in [1.165, 1.54) is 13.2 Å². The lowest BCUT2D eigenvalue weighted by molar-refractivity contribution is 0.386. The van der Waals surface area contributed by atoms with Crippen molar-refractivity contribution in [3.05, 3.63) is 29.6 Å². The highest BCUT2D eigenvalue weighted by Gasteiger charge is 2.24. The molecule has 0 amide bonds. The Morgan fingerprint density at radius 1 is 1.47 bits per heavy atom. The van der Waals surface area contributed by atoms with E-state index in [4.69, 9.17) is 4.74 Å². The maximum Gasteiger partial charge on any atom is 0.165 e. The van der Waals surface area contributed by atoms with E-state index in [0.717, 1.165) is 12.0 Å². The summed E-state index contributed by atoms with van der Waals surface area (Å²) in [6.07, 6.45) is 1.54. The van der Waals surface area contributed by atoms with Gasteiger partial charge in [0.2, 0.25) is 0 Å². The molecule has 0 aliphatic carbocycles. The van der Waals surface area contributed by atoms with Crippen molar-refractivity contribution in [3.8, 4) is 5.75 Å². The van der Waals surface area contributed by atoms with E-state index in [2.05, 4.69) is 5.32 Å². The Bertz CT molecular complexity index is 545. The van der Waals surface area contributed by atoms with Crippen LogP contribution in [-0.2, 0) is 16.4 Å². The molecular weight excluding hydrogens is 269 g/mol. The first kappa shape index (κ1) is 14.3. The smallest absolute Gasteiger partial charge is 0.165 e. The quantitative estimate of drug-likeness (QED) is 0.912. The summed E-state index contributed by atoms with van der Waals surface area (Å²) in [5.74, 6) is 0.260. The molecule has 4 nitrogen and oxygen atoms in total. The number of benzene rings is 1. The zero-order chi connectivity index (χ0) is 13.9. The largest absolute Gasteiger partial charge is 0.494 e. The number of methoxy groups -OCH3 is 1. The van der Waals surface area contributed by atoms with Gasteiger partial charge in [-0.15, -0.1) is 0 Å². The molecule has 1 aromatic carbocycles. The van der Waals surface area contributed by atoms with Crippen molar-refractivity contribution in [3.63, 3.8) is 0 Å². The molecule has 1 aromatic rings. The van der Waals surface area contributed by atoms with Gasteiger partial charge in [-0.05, 0) is 30.5 Å². The Morgan fingerprint density at radius 3 is 2.89 bits per heavy atom. The molecule has 0 bridgehead atoms. The Hall–Kier alpha value is -1.14. The number of sulfone groups is 1. The molecule has 106 valence electrons. The highest BCUT2D eigenvalue weighted by atomic mass is 32.2. The number of rotatable bonds is 4. The predicted molar refractivity (Wildman–Crippen MR) is 71.5 cm³/mol. The first-order valence-electron chi connectivity index (χ1n) is 6.26. The summed E-state index contributed by atoms with van der Waals surface area (Å²) in [5, 5.41) is 3.17. The molecule has 6 heteroatoms. The van der Waals surface area contributed by atoms with Gasteiger partial charge < -0.3 is 10.1 Å². The first-order valence-corrected chi connectivity index (χ1v) is 8.08. The summed E-state index contributed by atoms with van der Waals surface area (Å²) in [7, 11) is -1.49. The van der Waals surface area contributed by atoms with Crippen LogP contribution in [-0.4, -0.2) is 33.1 Å². The van der Waals surface area contributed by atoms with Gasteiger partial charge in [-0.3, -0.25) is 0 Å². The molecule has 0 saturated carbocycles. The Kier molecular flexibility index (Phi) is 4.42. The fourth-order valence-corrected chi connectivity index (χ4v) is 3.94. The number of hydrogen-bond donors (Lipinski definition) is 1. The summed E-state index contributed by atoms with van der Waals surface area (Å²) in [6.45, 7) is 0.459. The third kappa shape index (κ3) is 3.91. The number of halogens is 1. The summed E-state index contributed by atoms with van der Waals surface area (Å²) in [6, 6.07) is 4.71. The molecular formula is C13H18FNO3S. The minimum Gasteiger partial charge on any atom is -0.494 e. The van der Waals surface area contributed by atoms with E-state index in [1.807, 2.05) is 0 Å². The van der Waals surface area contributed by atoms with Gasteiger partial charge in [0.1, 0.15) is 0 Å². The van der Waals surface area contributed by atoms with Crippen molar-refractivity contribution in [1.82, 2.24) is 5.32 Å². The highest BCUT2D eigenvalue weighted by molar-refractivity contribution is 7.91. The fourth-order valence-electron chi connectivity index (χ4n) is 2.27. The van der Waals surface area contributed by atoms with E-state index < -0.39 is 15.7 Å². The van der Waals surface area contributed by atoms with Crippen molar-refractivity contribution < 1.29 is 17.5 Å². The molecule has 1 fully saturated rings. The molecule has 0 spiro atoms. The van der Waals surface area contributed by atoms with Gasteiger partial charge in [0.15, 0.2) is 21.4 Å². The molecule has 19 heavy (non-hydrogen) atoms. The zero-order valence-electron chi connectivity index (χ0n) is 10.9. The van der Waals surface area contributed by atoms with Crippen LogP contribution in [0.25, 0.3) is 0 Å². The molecule has 0 aromatic heterocycles. The van der Waals surface area contributed by atoms with Gasteiger partial charge >= 0.3 is 0 Å². The average molecular weight is 287 g/mol. The molecule has 2 rings (SSSR count). The van der Waals surface area contributed by atoms with Crippen LogP contribution in [0.3, 0.4) is 0 Å². The molecule has 1 aliphatic heterocycles. The Morgan fingerprint density at radius 2 is 2.26 bits per heavy atom. The number of nitrogens with one attached hydrogen (secondary N) is 1. The predicted octanol–water partition coefficient (Wildman–Crippen LogP) is 1.50. The van der Waals surface area contributed by atoms with Gasteiger partial charge in [0, 0.05) is 12.6 Å². The third-order valence-electron chi connectivity index (χ3n) is 3.27. The Balaban J connectivity index is 1.93. The average Bonchev–Trinajstić information content (AvgIpc) is 2.35. The van der Waals surface area contributed by atoms with Crippen LogP contribution in [0, 0.1) is 5.82 Å². The van der Waals surface area contributed by atoms with Crippen molar-refractivity contribution in [2.24, 2.45) is 0 Å². The van der Waals surface area contributed by atoms with Gasteiger partial charge in [-0.2, -0.15) is 0 Å². The maximum absolute atomic E-state index is 13.5. The SMILES string of the molecule is COc1ccc(CNC2CCCS(=O)(=O)C2)cc1F. The minimum atomic E-state index is -2.91. The van der Waals surface area contributed by atoms with Crippen LogP contribution in [0.1, 0.15) is 18.4 Å². The normalized spacial score (nSPS) is 22.1. The summed E-state index contributed by atoms with van der Waals surface area (Å²) >= 11 is 0. The lowest BCUT2D eigenvalue weighted by Gasteiger charge is -2.23. The summed E-state index contributed by atoms with van der Waals surface area (Å²) < 4.78 is 41.3. The monoisotopic (exact) mass is 287 g/mol. The van der Waals surface area contributed by atoms with Crippen molar-refractivity contribution >= 4 is 9.84 Å². The van der Waals surface area contributed by atoms with Crippen LogP contribution in [0.4, 0.5) is 4.39 Å². The Labute approximate surface area is 112 Å². The van der Waals surface area contributed by atoms with Crippen LogP contribution < -0.4 is 10.1 Å². The van der Waals surface area contributed by atoms with Crippen LogP contribution >= 0.6 is 0 Å². The second-order valence-electron chi connectivity index (χ2n) is 4.80. The van der Waals surface area contributed by atoms with Gasteiger partial charge in [-0.1, -0.05) is 6.07 Å². The third-order valence-corrected chi connectivity index (χ3v) is 5.10. The van der Waals surface area contributed by atoms with Gasteiger partial charge in [0.05, 0.1) is 18.6 Å². The zero-order valence-corrected chi connectivity index (χ0v) is 11.7. The second kappa shape index (κ2) is 5.88. The van der Waals surface area contributed by atoms with Crippen molar-refractivity contribution in [2.45, 2.75) is 25.4 Å². The molecule has 0 radical (unpaired) electrons. The van der Waals surface area contributed by atoms with Crippen LogP contribution in [0.15, 0.2) is 18.2 Å². The molecule has 1 unspecified atom stereocenters. The van der Waals surface area contributed by atoms with Crippen LogP contribution in [0.2, 0.25) is 0 Å². The van der Waals surface area contributed by atoms with Crippen LogP contribution in [0.5, 0.6) is 5.75 Å². The molecule has 1 saturated heterocycles. The molecule has 1 atom stereocenters. The van der Waals surface area contributed by atoms with E-state index in [-0.39, 0.29) is 23.3 Å². The number of ether oxygens (including phenoxy) is 1. The first-order chi connectivity index (χ1) is 9.00. The highest BCUT2D eigenvalue weighted by Crippen LogP contribution is 2.18. The molecule has 1 N–H and O–H groups in total. The standard InChI is InChI=1S/C13H18FNO3S/c1-18-13-5-4-10(7-12(13)14)8-15-11-3-2-6-19(16,17)9-11/h4-5,7,11,15H,2-3,6,8-9H2,1H3. The van der Waals surface area contributed by atoms with E-state index >= 15 is 0 Å². The van der Waals surface area contributed by atoms with Crippen molar-refractivity contribution in [1.29, 1.82) is 0 Å². The topological polar surface area (TPSA) is 55.4 Å². The molecule has 1 aliphatic rings. The minimum absolute atomic E-state index is 0.0380. The number of hydrogen-bond acceptors (Lipinski definition) is 4. The van der Waals surface area contributed by atoms with E-state index in [0.29, 0.717) is 13.0 Å². The summed E-state index contributed by atoms with van der Waals surface area (Å²) in [4.78, 5) is 0. The second-order valence-corrected chi connectivity index (χ2v) is 7.03. The maximum atomic E-state index is 13.5. The lowest BCUT2D eigenvalue weighted by atomic mass is 10.1. The fraction of sp³-hybridized carbons (Fsp3) is 0.538. The van der Waals surface area contributed by atoms with E-state index in [9.17, 15) is 12.8 Å². The van der Waals surface area contributed by atoms with Crippen molar-refractivity contribution in [2.75, 3.05) is 18.6 Å². The van der Waals surface area contributed by atoms with Gasteiger partial charge in [0.25, 0.3) is 0 Å². The summed E-state index contributed by atoms with van der Waals surface area (Å²) in [5.41, 5.74) is 0.779. The van der Waals surface area contributed by atoms with E-state index in [1.54, 1.807) is 12.1 Å².